The largest absolute Gasteiger partial charge is 0.505 e. The average molecular weight is 431 g/mol. The number of aromatic hydroxyl groups is 1. The molecule has 2 N–H and O–H groups in total. The standard InChI is InChI=1S/C21H26N4O4S/c1-5-13-9-15(10-17(20(13)27)24(3)30(4,28)29)18(26)12-25-11-14-7-8-16(6-2)23-19(14)21(25)22/h7-10,22,27H,5-6,11-12H2,1-4H3. The fraction of sp³-hybridized carbons (Fsp3) is 0.381. The van der Waals surface area contributed by atoms with Crippen molar-refractivity contribution in [3.8, 4) is 5.75 Å². The summed E-state index contributed by atoms with van der Waals surface area (Å²) >= 11 is 0. The molecule has 1 aromatic heterocycles. The number of carbonyl (C=O) groups is 1. The van der Waals surface area contributed by atoms with Crippen LogP contribution in [0, 0.1) is 5.41 Å². The van der Waals surface area contributed by atoms with Gasteiger partial charge in [-0.05, 0) is 36.6 Å². The molecule has 0 aliphatic carbocycles. The van der Waals surface area contributed by atoms with Gasteiger partial charge in [0.2, 0.25) is 10.0 Å². The number of ketones is 1. The molecule has 1 aromatic carbocycles. The van der Waals surface area contributed by atoms with Crippen molar-refractivity contribution in [1.82, 2.24) is 9.88 Å². The molecule has 0 bridgehead atoms. The second-order valence-corrected chi connectivity index (χ2v) is 9.39. The molecule has 0 saturated heterocycles. The van der Waals surface area contributed by atoms with Crippen LogP contribution in [-0.4, -0.2) is 54.9 Å². The summed E-state index contributed by atoms with van der Waals surface area (Å²) in [4.78, 5) is 19.2. The topological polar surface area (TPSA) is 115 Å². The first-order chi connectivity index (χ1) is 14.1. The van der Waals surface area contributed by atoms with Gasteiger partial charge in [-0.2, -0.15) is 0 Å². The van der Waals surface area contributed by atoms with E-state index in [-0.39, 0.29) is 29.6 Å². The molecule has 0 spiro atoms. The highest BCUT2D eigenvalue weighted by molar-refractivity contribution is 7.92. The molecular weight excluding hydrogens is 404 g/mol. The number of benzene rings is 1. The number of hydrogen-bond donors (Lipinski definition) is 2. The highest BCUT2D eigenvalue weighted by Crippen LogP contribution is 2.34. The van der Waals surface area contributed by atoms with E-state index in [1.54, 1.807) is 11.0 Å². The summed E-state index contributed by atoms with van der Waals surface area (Å²) < 4.78 is 24.9. The van der Waals surface area contributed by atoms with Gasteiger partial charge in [0.15, 0.2) is 5.78 Å². The van der Waals surface area contributed by atoms with E-state index < -0.39 is 10.0 Å². The zero-order valence-electron chi connectivity index (χ0n) is 17.6. The summed E-state index contributed by atoms with van der Waals surface area (Å²) in [6, 6.07) is 6.84. The lowest BCUT2D eigenvalue weighted by molar-refractivity contribution is 0.0962. The first-order valence-corrected chi connectivity index (χ1v) is 11.6. The Labute approximate surface area is 176 Å². The zero-order valence-corrected chi connectivity index (χ0v) is 18.4. The maximum absolute atomic E-state index is 13.0. The van der Waals surface area contributed by atoms with Gasteiger partial charge in [0, 0.05) is 30.4 Å². The Morgan fingerprint density at radius 2 is 1.97 bits per heavy atom. The first kappa shape index (κ1) is 21.8. The minimum absolute atomic E-state index is 0.0351. The molecule has 1 aliphatic rings. The molecule has 2 heterocycles. The summed E-state index contributed by atoms with van der Waals surface area (Å²) in [5.74, 6) is -0.211. The van der Waals surface area contributed by atoms with E-state index >= 15 is 0 Å². The van der Waals surface area contributed by atoms with Crippen LogP contribution in [-0.2, 0) is 29.4 Å². The summed E-state index contributed by atoms with van der Waals surface area (Å²) in [5.41, 5.74) is 3.24. The number of phenolic OH excluding ortho intramolecular Hbond substituents is 1. The number of carbonyl (C=O) groups excluding carboxylic acids is 1. The molecule has 0 fully saturated rings. The van der Waals surface area contributed by atoms with E-state index in [1.807, 2.05) is 26.0 Å². The number of pyridine rings is 1. The summed E-state index contributed by atoms with van der Waals surface area (Å²) in [7, 11) is -2.28. The van der Waals surface area contributed by atoms with Crippen LogP contribution in [0.25, 0.3) is 0 Å². The number of nitrogens with one attached hydrogen (secondary N) is 1. The molecular formula is C21H26N4O4S. The smallest absolute Gasteiger partial charge is 0.232 e. The van der Waals surface area contributed by atoms with E-state index in [1.165, 1.54) is 13.1 Å². The number of anilines is 1. The van der Waals surface area contributed by atoms with Gasteiger partial charge in [-0.1, -0.05) is 19.9 Å². The quantitative estimate of drug-likeness (QED) is 0.652. The van der Waals surface area contributed by atoms with Gasteiger partial charge in [-0.3, -0.25) is 14.5 Å². The van der Waals surface area contributed by atoms with Gasteiger partial charge in [0.05, 0.1) is 18.5 Å². The van der Waals surface area contributed by atoms with Crippen molar-refractivity contribution in [2.24, 2.45) is 0 Å². The number of amidine groups is 1. The van der Waals surface area contributed by atoms with E-state index in [4.69, 9.17) is 5.41 Å². The Morgan fingerprint density at radius 3 is 2.57 bits per heavy atom. The molecule has 2 aromatic rings. The number of hydrogen-bond acceptors (Lipinski definition) is 6. The van der Waals surface area contributed by atoms with Crippen molar-refractivity contribution in [1.29, 1.82) is 5.41 Å². The number of fused-ring (bicyclic) bond motifs is 1. The zero-order chi connectivity index (χ0) is 22.2. The number of aryl methyl sites for hydroxylation is 2. The van der Waals surface area contributed by atoms with Gasteiger partial charge < -0.3 is 10.0 Å². The highest BCUT2D eigenvalue weighted by atomic mass is 32.2. The van der Waals surface area contributed by atoms with Crippen molar-refractivity contribution in [3.63, 3.8) is 0 Å². The van der Waals surface area contributed by atoms with Crippen LogP contribution in [0.2, 0.25) is 0 Å². The lowest BCUT2D eigenvalue weighted by Crippen LogP contribution is -2.31. The fourth-order valence-corrected chi connectivity index (χ4v) is 3.92. The number of aromatic nitrogens is 1. The van der Waals surface area contributed by atoms with Crippen molar-refractivity contribution in [3.05, 3.63) is 52.3 Å². The van der Waals surface area contributed by atoms with Crippen molar-refractivity contribution < 1.29 is 18.3 Å². The molecule has 30 heavy (non-hydrogen) atoms. The molecule has 0 unspecified atom stereocenters. The van der Waals surface area contributed by atoms with E-state index in [0.717, 1.165) is 28.2 Å². The normalized spacial score (nSPS) is 13.5. The molecule has 0 saturated carbocycles. The average Bonchev–Trinajstić information content (AvgIpc) is 3.01. The summed E-state index contributed by atoms with van der Waals surface area (Å²) in [5, 5.41) is 18.9. The molecule has 1 aliphatic heterocycles. The van der Waals surface area contributed by atoms with Crippen LogP contribution in [0.5, 0.6) is 5.75 Å². The van der Waals surface area contributed by atoms with Crippen LogP contribution in [0.1, 0.15) is 46.7 Å². The molecule has 0 atom stereocenters. The van der Waals surface area contributed by atoms with Crippen molar-refractivity contribution >= 4 is 27.3 Å². The highest BCUT2D eigenvalue weighted by Gasteiger charge is 2.28. The second kappa shape index (κ2) is 8.06. The summed E-state index contributed by atoms with van der Waals surface area (Å²) in [6.45, 7) is 4.20. The predicted molar refractivity (Wildman–Crippen MR) is 116 cm³/mol. The summed E-state index contributed by atoms with van der Waals surface area (Å²) in [6.07, 6.45) is 2.24. The van der Waals surface area contributed by atoms with Gasteiger partial charge in [-0.15, -0.1) is 0 Å². The lowest BCUT2D eigenvalue weighted by atomic mass is 10.0. The molecule has 9 heteroatoms. The van der Waals surface area contributed by atoms with Gasteiger partial charge >= 0.3 is 0 Å². The van der Waals surface area contributed by atoms with Gasteiger partial charge in [0.25, 0.3) is 0 Å². The number of phenols is 1. The van der Waals surface area contributed by atoms with Crippen molar-refractivity contribution in [2.45, 2.75) is 33.2 Å². The minimum atomic E-state index is -3.61. The van der Waals surface area contributed by atoms with Crippen LogP contribution in [0.4, 0.5) is 5.69 Å². The number of rotatable bonds is 7. The van der Waals surface area contributed by atoms with Gasteiger partial charge in [-0.25, -0.2) is 13.4 Å². The van der Waals surface area contributed by atoms with E-state index in [2.05, 4.69) is 4.98 Å². The first-order valence-electron chi connectivity index (χ1n) is 9.72. The van der Waals surface area contributed by atoms with Crippen molar-refractivity contribution in [2.75, 3.05) is 24.2 Å². The third-order valence-electron chi connectivity index (χ3n) is 5.34. The van der Waals surface area contributed by atoms with E-state index in [9.17, 15) is 18.3 Å². The van der Waals surface area contributed by atoms with Crippen LogP contribution < -0.4 is 4.31 Å². The molecule has 3 rings (SSSR count). The Balaban J connectivity index is 1.90. The maximum atomic E-state index is 13.0. The molecule has 0 amide bonds. The Bertz CT molecular complexity index is 1130. The number of sulfonamides is 1. The van der Waals surface area contributed by atoms with Crippen LogP contribution in [0.3, 0.4) is 0 Å². The SMILES string of the molecule is CCc1ccc2c(n1)C(=N)N(CC(=O)c1cc(CC)c(O)c(N(C)S(C)(=O)=O)c1)C2. The second-order valence-electron chi connectivity index (χ2n) is 7.38. The Hall–Kier alpha value is -2.94. The van der Waals surface area contributed by atoms with Crippen LogP contribution >= 0.6 is 0 Å². The maximum Gasteiger partial charge on any atom is 0.232 e. The number of Topliss-reactive ketones (excluding diaryl/α,β-unsaturated/α-hetero) is 1. The Morgan fingerprint density at radius 1 is 1.27 bits per heavy atom. The third kappa shape index (κ3) is 4.02. The number of nitrogens with zero attached hydrogens (tertiary/aromatic N) is 3. The third-order valence-corrected chi connectivity index (χ3v) is 6.53. The minimum Gasteiger partial charge on any atom is -0.505 e. The predicted octanol–water partition coefficient (Wildman–Crippen LogP) is 2.33. The molecule has 0 radical (unpaired) electrons. The Kier molecular flexibility index (Phi) is 5.85. The molecule has 8 nitrogen and oxygen atoms in total. The lowest BCUT2D eigenvalue weighted by Gasteiger charge is -2.21. The fourth-order valence-electron chi connectivity index (χ4n) is 3.42. The molecule has 160 valence electrons. The van der Waals surface area contributed by atoms with E-state index in [0.29, 0.717) is 29.8 Å². The van der Waals surface area contributed by atoms with Gasteiger partial charge in [0.1, 0.15) is 17.3 Å². The van der Waals surface area contributed by atoms with Crippen LogP contribution in [0.15, 0.2) is 24.3 Å². The monoisotopic (exact) mass is 430 g/mol.